The number of carbonyl (C=O) groups is 1. The molecule has 156 valence electrons. The average molecular weight is 440 g/mol. The van der Waals surface area contributed by atoms with Crippen molar-refractivity contribution >= 4 is 34.6 Å². The van der Waals surface area contributed by atoms with Gasteiger partial charge in [0.25, 0.3) is 0 Å². The first-order chi connectivity index (χ1) is 14.7. The largest absolute Gasteiger partial charge is 0.496 e. The van der Waals surface area contributed by atoms with Crippen LogP contribution in [-0.4, -0.2) is 29.6 Å². The molecule has 0 aliphatic rings. The maximum atomic E-state index is 12.3. The molecule has 0 saturated heterocycles. The van der Waals surface area contributed by atoms with Gasteiger partial charge in [-0.2, -0.15) is 0 Å². The van der Waals surface area contributed by atoms with Crippen LogP contribution >= 0.6 is 23.6 Å². The first-order valence-corrected chi connectivity index (χ1v) is 10.9. The van der Waals surface area contributed by atoms with E-state index in [1.165, 1.54) is 10.4 Å². The number of ether oxygens (including phenoxy) is 1. The number of carbonyl (C=O) groups excluding carboxylic acids is 1. The molecule has 1 amide bonds. The van der Waals surface area contributed by atoms with E-state index < -0.39 is 0 Å². The highest BCUT2D eigenvalue weighted by molar-refractivity contribution is 7.80. The Bertz CT molecular complexity index is 946. The van der Waals surface area contributed by atoms with Crippen molar-refractivity contribution < 1.29 is 9.53 Å². The Hall–Kier alpha value is -2.90. The summed E-state index contributed by atoms with van der Waals surface area (Å²) in [7, 11) is 1.62. The Morgan fingerprint density at radius 1 is 1.00 bits per heavy atom. The maximum absolute atomic E-state index is 12.3. The minimum absolute atomic E-state index is 0.115. The molecule has 3 rings (SSSR count). The van der Waals surface area contributed by atoms with Gasteiger partial charge in [0.05, 0.1) is 20.2 Å². The van der Waals surface area contributed by atoms with Crippen LogP contribution in [0.3, 0.4) is 0 Å². The van der Waals surface area contributed by atoms with Gasteiger partial charge in [-0.25, -0.2) is 0 Å². The molecular weight excluding hydrogens is 414 g/mol. The number of hydrogen-bond acceptors (Lipinski definition) is 4. The van der Waals surface area contributed by atoms with Gasteiger partial charge in [-0.3, -0.25) is 4.79 Å². The smallest absolute Gasteiger partial charge is 0.239 e. The normalized spacial score (nSPS) is 10.3. The number of nitrogens with one attached hydrogen (secondary N) is 2. The average Bonchev–Trinajstić information content (AvgIpc) is 3.29. The van der Waals surface area contributed by atoms with Crippen molar-refractivity contribution in [2.24, 2.45) is 0 Å². The number of rotatable bonds is 9. The van der Waals surface area contributed by atoms with Gasteiger partial charge in [0.2, 0.25) is 5.91 Å². The molecule has 0 saturated carbocycles. The van der Waals surface area contributed by atoms with E-state index in [1.54, 1.807) is 18.4 Å². The van der Waals surface area contributed by atoms with Crippen molar-refractivity contribution in [3.8, 4) is 5.75 Å². The molecule has 0 atom stereocenters. The van der Waals surface area contributed by atoms with Gasteiger partial charge in [0.1, 0.15) is 5.75 Å². The van der Waals surface area contributed by atoms with E-state index in [9.17, 15) is 4.79 Å². The summed E-state index contributed by atoms with van der Waals surface area (Å²) in [6, 6.07) is 21.9. The highest BCUT2D eigenvalue weighted by Crippen LogP contribution is 2.17. The van der Waals surface area contributed by atoms with Gasteiger partial charge in [-0.05, 0) is 35.3 Å². The summed E-state index contributed by atoms with van der Waals surface area (Å²) in [6.45, 7) is 1.89. The molecule has 7 heteroatoms. The first-order valence-electron chi connectivity index (χ1n) is 9.63. The van der Waals surface area contributed by atoms with Gasteiger partial charge in [-0.1, -0.05) is 54.6 Å². The van der Waals surface area contributed by atoms with E-state index in [1.807, 2.05) is 48.5 Å². The van der Waals surface area contributed by atoms with Crippen LogP contribution in [0.1, 0.15) is 16.0 Å². The maximum Gasteiger partial charge on any atom is 0.239 e. The summed E-state index contributed by atoms with van der Waals surface area (Å²) in [6.07, 6.45) is 0. The zero-order chi connectivity index (χ0) is 21.2. The molecular formula is C23H25N3O2S2. The number of methoxy groups -OCH3 is 1. The molecule has 0 radical (unpaired) electrons. The van der Waals surface area contributed by atoms with Crippen molar-refractivity contribution in [3.63, 3.8) is 0 Å². The van der Waals surface area contributed by atoms with Gasteiger partial charge in [-0.15, -0.1) is 11.3 Å². The topological polar surface area (TPSA) is 53.6 Å². The Labute approximate surface area is 186 Å². The fourth-order valence-electron chi connectivity index (χ4n) is 2.97. The van der Waals surface area contributed by atoms with Crippen LogP contribution in [0, 0.1) is 0 Å². The zero-order valence-electron chi connectivity index (χ0n) is 16.8. The SMILES string of the molecule is COc1ccccc1CNC(=O)CNC(=S)N(Cc1ccccc1)Cc1cccs1. The van der Waals surface area contributed by atoms with E-state index >= 15 is 0 Å². The number of nitrogens with zero attached hydrogens (tertiary/aromatic N) is 1. The molecule has 30 heavy (non-hydrogen) atoms. The summed E-state index contributed by atoms with van der Waals surface area (Å²) in [5.41, 5.74) is 2.10. The number of thiocarbonyl (C=S) groups is 1. The van der Waals surface area contributed by atoms with Gasteiger partial charge in [0, 0.05) is 23.5 Å². The van der Waals surface area contributed by atoms with E-state index in [0.717, 1.165) is 11.3 Å². The number of thiophene rings is 1. The van der Waals surface area contributed by atoms with Crippen LogP contribution in [0.5, 0.6) is 5.75 Å². The van der Waals surface area contributed by atoms with Crippen molar-refractivity contribution in [1.82, 2.24) is 15.5 Å². The lowest BCUT2D eigenvalue weighted by Crippen LogP contribution is -2.43. The zero-order valence-corrected chi connectivity index (χ0v) is 18.5. The van der Waals surface area contributed by atoms with Crippen molar-refractivity contribution in [2.75, 3.05) is 13.7 Å². The number of hydrogen-bond donors (Lipinski definition) is 2. The Morgan fingerprint density at radius 3 is 2.50 bits per heavy atom. The number of amides is 1. The fraction of sp³-hybridized carbons (Fsp3) is 0.217. The van der Waals surface area contributed by atoms with Crippen LogP contribution < -0.4 is 15.4 Å². The predicted molar refractivity (Wildman–Crippen MR) is 125 cm³/mol. The van der Waals surface area contributed by atoms with E-state index in [2.05, 4.69) is 39.1 Å². The Balaban J connectivity index is 1.54. The highest BCUT2D eigenvalue weighted by atomic mass is 32.1. The molecule has 0 spiro atoms. The molecule has 0 aliphatic carbocycles. The molecule has 2 aromatic carbocycles. The molecule has 1 aromatic heterocycles. The monoisotopic (exact) mass is 439 g/mol. The Kier molecular flexibility index (Phi) is 8.23. The molecule has 0 bridgehead atoms. The fourth-order valence-corrected chi connectivity index (χ4v) is 3.89. The minimum atomic E-state index is -0.126. The molecule has 5 nitrogen and oxygen atoms in total. The summed E-state index contributed by atoms with van der Waals surface area (Å²) >= 11 is 7.30. The third-order valence-electron chi connectivity index (χ3n) is 4.50. The molecule has 1 heterocycles. The molecule has 0 aliphatic heterocycles. The van der Waals surface area contributed by atoms with Crippen LogP contribution in [0.15, 0.2) is 72.1 Å². The van der Waals surface area contributed by atoms with Gasteiger partial charge < -0.3 is 20.3 Å². The standard InChI is InChI=1S/C23H25N3O2S2/c1-28-21-12-6-5-10-19(21)14-24-22(27)15-25-23(29)26(17-20-11-7-13-30-20)16-18-8-3-2-4-9-18/h2-13H,14-17H2,1H3,(H,24,27)(H,25,29). The summed E-state index contributed by atoms with van der Waals surface area (Å²) in [5.74, 6) is 0.630. The third-order valence-corrected chi connectivity index (χ3v) is 5.76. The Morgan fingerprint density at radius 2 is 1.77 bits per heavy atom. The van der Waals surface area contributed by atoms with Crippen molar-refractivity contribution in [1.29, 1.82) is 0 Å². The predicted octanol–water partition coefficient (Wildman–Crippen LogP) is 3.95. The molecule has 2 N–H and O–H groups in total. The lowest BCUT2D eigenvalue weighted by molar-refractivity contribution is -0.120. The minimum Gasteiger partial charge on any atom is -0.496 e. The first kappa shape index (κ1) is 21.8. The van der Waals surface area contributed by atoms with Crippen molar-refractivity contribution in [3.05, 3.63) is 88.1 Å². The van der Waals surface area contributed by atoms with Gasteiger partial charge in [0.15, 0.2) is 5.11 Å². The molecule has 0 fully saturated rings. The second-order valence-corrected chi connectivity index (χ2v) is 8.09. The van der Waals surface area contributed by atoms with E-state index in [0.29, 0.717) is 24.7 Å². The lowest BCUT2D eigenvalue weighted by atomic mass is 10.2. The number of para-hydroxylation sites is 1. The van der Waals surface area contributed by atoms with Gasteiger partial charge >= 0.3 is 0 Å². The lowest BCUT2D eigenvalue weighted by Gasteiger charge is -2.25. The summed E-state index contributed by atoms with van der Waals surface area (Å²) in [4.78, 5) is 15.6. The molecule has 3 aromatic rings. The summed E-state index contributed by atoms with van der Waals surface area (Å²) < 4.78 is 5.32. The highest BCUT2D eigenvalue weighted by Gasteiger charge is 2.13. The van der Waals surface area contributed by atoms with Crippen molar-refractivity contribution in [2.45, 2.75) is 19.6 Å². The molecule has 0 unspecified atom stereocenters. The van der Waals surface area contributed by atoms with E-state index in [4.69, 9.17) is 17.0 Å². The second-order valence-electron chi connectivity index (χ2n) is 6.67. The van der Waals surface area contributed by atoms with Crippen LogP contribution in [0.25, 0.3) is 0 Å². The van der Waals surface area contributed by atoms with Crippen LogP contribution in [-0.2, 0) is 24.4 Å². The number of benzene rings is 2. The van der Waals surface area contributed by atoms with Crippen LogP contribution in [0.4, 0.5) is 0 Å². The van der Waals surface area contributed by atoms with Crippen LogP contribution in [0.2, 0.25) is 0 Å². The second kappa shape index (κ2) is 11.3. The third kappa shape index (κ3) is 6.57. The summed E-state index contributed by atoms with van der Waals surface area (Å²) in [5, 5.41) is 8.61. The van der Waals surface area contributed by atoms with E-state index in [-0.39, 0.29) is 12.5 Å². The quantitative estimate of drug-likeness (QED) is 0.495.